The molecule has 2 aromatic rings. The lowest BCUT2D eigenvalue weighted by molar-refractivity contribution is 0.329. The summed E-state index contributed by atoms with van der Waals surface area (Å²) in [4.78, 5) is 4.08. The van der Waals surface area contributed by atoms with Crippen LogP contribution in [0.1, 0.15) is 6.92 Å². The van der Waals surface area contributed by atoms with Crippen molar-refractivity contribution in [3.63, 3.8) is 0 Å². The number of rotatable bonds is 4. The summed E-state index contributed by atoms with van der Waals surface area (Å²) in [6, 6.07) is 7.00. The molecule has 0 unspecified atom stereocenters. The summed E-state index contributed by atoms with van der Waals surface area (Å²) in [6.07, 6.45) is 0. The maximum absolute atomic E-state index is 13.5. The van der Waals surface area contributed by atoms with Crippen molar-refractivity contribution in [2.75, 3.05) is 17.7 Å². The number of hydrogen-bond donors (Lipinski definition) is 2. The monoisotopic (exact) mass is 265 g/mol. The Bertz CT molecular complexity index is 590. The number of nitrogen functional groups attached to an aromatic ring is 1. The highest BCUT2D eigenvalue weighted by molar-refractivity contribution is 5.61. The molecule has 0 atom stereocenters. The molecule has 100 valence electrons. The van der Waals surface area contributed by atoms with Crippen molar-refractivity contribution >= 4 is 17.2 Å². The van der Waals surface area contributed by atoms with Gasteiger partial charge >= 0.3 is 0 Å². The number of halogens is 2. The van der Waals surface area contributed by atoms with E-state index in [4.69, 9.17) is 10.5 Å². The van der Waals surface area contributed by atoms with Crippen molar-refractivity contribution in [3.8, 4) is 5.88 Å². The van der Waals surface area contributed by atoms with Crippen LogP contribution in [0.25, 0.3) is 0 Å². The highest BCUT2D eigenvalue weighted by atomic mass is 19.2. The molecule has 1 heterocycles. The van der Waals surface area contributed by atoms with Gasteiger partial charge in [0, 0.05) is 0 Å². The molecule has 0 amide bonds. The van der Waals surface area contributed by atoms with Crippen LogP contribution in [0, 0.1) is 11.6 Å². The van der Waals surface area contributed by atoms with E-state index in [9.17, 15) is 8.78 Å². The molecule has 0 radical (unpaired) electrons. The number of nitrogens with zero attached hydrogens (tertiary/aromatic N) is 1. The first-order chi connectivity index (χ1) is 9.11. The highest BCUT2D eigenvalue weighted by Gasteiger charge is 2.09. The third-order valence-corrected chi connectivity index (χ3v) is 2.39. The van der Waals surface area contributed by atoms with E-state index in [-0.39, 0.29) is 11.6 Å². The van der Waals surface area contributed by atoms with E-state index < -0.39 is 11.6 Å². The number of benzene rings is 1. The normalized spacial score (nSPS) is 10.3. The Hall–Kier alpha value is -2.37. The average molecular weight is 265 g/mol. The van der Waals surface area contributed by atoms with Crippen molar-refractivity contribution in [1.82, 2.24) is 4.98 Å². The molecule has 1 aromatic carbocycles. The minimum absolute atomic E-state index is 0.000259. The number of pyridine rings is 1. The Morgan fingerprint density at radius 2 is 2.05 bits per heavy atom. The van der Waals surface area contributed by atoms with Gasteiger partial charge in [0.2, 0.25) is 5.88 Å². The van der Waals surface area contributed by atoms with E-state index in [1.165, 1.54) is 12.1 Å². The van der Waals surface area contributed by atoms with Gasteiger partial charge in [-0.25, -0.2) is 8.78 Å². The Morgan fingerprint density at radius 3 is 2.79 bits per heavy atom. The van der Waals surface area contributed by atoms with Crippen LogP contribution in [0.4, 0.5) is 26.0 Å². The van der Waals surface area contributed by atoms with Crippen LogP contribution in [-0.2, 0) is 0 Å². The zero-order valence-electron chi connectivity index (χ0n) is 10.3. The second-order valence-electron chi connectivity index (χ2n) is 3.75. The zero-order valence-corrected chi connectivity index (χ0v) is 10.3. The number of aromatic nitrogens is 1. The molecule has 0 bridgehead atoms. The molecule has 0 fully saturated rings. The van der Waals surface area contributed by atoms with E-state index in [2.05, 4.69) is 10.3 Å². The smallest absolute Gasteiger partial charge is 0.239 e. The van der Waals surface area contributed by atoms with Gasteiger partial charge < -0.3 is 15.8 Å². The third kappa shape index (κ3) is 2.90. The van der Waals surface area contributed by atoms with Crippen LogP contribution in [0.15, 0.2) is 30.3 Å². The maximum atomic E-state index is 13.5. The molecule has 0 aliphatic carbocycles. The Labute approximate surface area is 109 Å². The molecular weight excluding hydrogens is 252 g/mol. The van der Waals surface area contributed by atoms with Gasteiger partial charge in [-0.1, -0.05) is 6.07 Å². The van der Waals surface area contributed by atoms with Crippen LogP contribution >= 0.6 is 0 Å². The molecule has 2 rings (SSSR count). The Kier molecular flexibility index (Phi) is 3.79. The van der Waals surface area contributed by atoms with E-state index >= 15 is 0 Å². The molecule has 3 N–H and O–H groups in total. The maximum Gasteiger partial charge on any atom is 0.239 e. The molecule has 19 heavy (non-hydrogen) atoms. The van der Waals surface area contributed by atoms with Gasteiger partial charge in [0.05, 0.1) is 18.0 Å². The van der Waals surface area contributed by atoms with E-state index in [0.717, 1.165) is 6.07 Å². The number of nitrogens with one attached hydrogen (secondary N) is 1. The first-order valence-electron chi connectivity index (χ1n) is 5.72. The summed E-state index contributed by atoms with van der Waals surface area (Å²) in [7, 11) is 0. The summed E-state index contributed by atoms with van der Waals surface area (Å²) >= 11 is 0. The van der Waals surface area contributed by atoms with Crippen LogP contribution < -0.4 is 15.8 Å². The summed E-state index contributed by atoms with van der Waals surface area (Å²) in [5.41, 5.74) is 6.05. The van der Waals surface area contributed by atoms with Crippen LogP contribution in [-0.4, -0.2) is 11.6 Å². The summed E-state index contributed by atoms with van der Waals surface area (Å²) in [5, 5.41) is 2.68. The van der Waals surface area contributed by atoms with Crippen molar-refractivity contribution in [3.05, 3.63) is 42.0 Å². The molecule has 0 spiro atoms. The third-order valence-electron chi connectivity index (χ3n) is 2.39. The van der Waals surface area contributed by atoms with Gasteiger partial charge in [-0.05, 0) is 31.2 Å². The fourth-order valence-electron chi connectivity index (χ4n) is 1.51. The standard InChI is InChI=1S/C13H13F2N3O/c1-2-19-13-9(16)6-7-11(18-13)17-10-5-3-4-8(14)12(10)15/h3-7H,2,16H2,1H3,(H,17,18). The molecule has 0 aliphatic heterocycles. The average Bonchev–Trinajstić information content (AvgIpc) is 2.39. The molecule has 0 saturated carbocycles. The minimum atomic E-state index is -0.959. The lowest BCUT2D eigenvalue weighted by atomic mass is 10.3. The summed E-state index contributed by atoms with van der Waals surface area (Å²) < 4.78 is 31.8. The van der Waals surface area contributed by atoms with Gasteiger partial charge in [0.1, 0.15) is 5.82 Å². The van der Waals surface area contributed by atoms with Gasteiger partial charge in [0.15, 0.2) is 11.6 Å². The van der Waals surface area contributed by atoms with Gasteiger partial charge in [-0.3, -0.25) is 0 Å². The van der Waals surface area contributed by atoms with E-state index in [1.54, 1.807) is 19.1 Å². The van der Waals surface area contributed by atoms with Crippen molar-refractivity contribution in [2.24, 2.45) is 0 Å². The zero-order chi connectivity index (χ0) is 13.8. The first-order valence-corrected chi connectivity index (χ1v) is 5.72. The Balaban J connectivity index is 2.28. The molecule has 4 nitrogen and oxygen atoms in total. The van der Waals surface area contributed by atoms with E-state index in [1.807, 2.05) is 0 Å². The molecular formula is C13H13F2N3O. The van der Waals surface area contributed by atoms with Crippen molar-refractivity contribution in [2.45, 2.75) is 6.92 Å². The summed E-state index contributed by atoms with van der Waals surface area (Å²) in [5.74, 6) is -1.31. The molecule has 6 heteroatoms. The quantitative estimate of drug-likeness (QED) is 0.891. The fourth-order valence-corrected chi connectivity index (χ4v) is 1.51. The number of anilines is 3. The predicted octanol–water partition coefficient (Wildman–Crippen LogP) is 3.08. The lowest BCUT2D eigenvalue weighted by Crippen LogP contribution is -2.03. The van der Waals surface area contributed by atoms with Crippen molar-refractivity contribution in [1.29, 1.82) is 0 Å². The summed E-state index contributed by atoms with van der Waals surface area (Å²) in [6.45, 7) is 2.21. The minimum Gasteiger partial charge on any atom is -0.476 e. The first kappa shape index (κ1) is 13.1. The number of nitrogens with two attached hydrogens (primary N) is 1. The highest BCUT2D eigenvalue weighted by Crippen LogP contribution is 2.25. The SMILES string of the molecule is CCOc1nc(Nc2cccc(F)c2F)ccc1N. The largest absolute Gasteiger partial charge is 0.476 e. The van der Waals surface area contributed by atoms with Crippen molar-refractivity contribution < 1.29 is 13.5 Å². The van der Waals surface area contributed by atoms with Crippen LogP contribution in [0.3, 0.4) is 0 Å². The number of ether oxygens (including phenoxy) is 1. The second-order valence-corrected chi connectivity index (χ2v) is 3.75. The lowest BCUT2D eigenvalue weighted by Gasteiger charge is -2.10. The molecule has 1 aromatic heterocycles. The Morgan fingerprint density at radius 1 is 1.26 bits per heavy atom. The number of hydrogen-bond acceptors (Lipinski definition) is 4. The topological polar surface area (TPSA) is 60.2 Å². The van der Waals surface area contributed by atoms with Crippen LogP contribution in [0.5, 0.6) is 5.88 Å². The van der Waals surface area contributed by atoms with E-state index in [0.29, 0.717) is 18.1 Å². The predicted molar refractivity (Wildman–Crippen MR) is 69.5 cm³/mol. The second kappa shape index (κ2) is 5.51. The van der Waals surface area contributed by atoms with Crippen LogP contribution in [0.2, 0.25) is 0 Å². The molecule has 0 aliphatic rings. The molecule has 0 saturated heterocycles. The van der Waals surface area contributed by atoms with Gasteiger partial charge in [-0.2, -0.15) is 4.98 Å². The fraction of sp³-hybridized carbons (Fsp3) is 0.154. The van der Waals surface area contributed by atoms with Gasteiger partial charge in [-0.15, -0.1) is 0 Å². The van der Waals surface area contributed by atoms with Gasteiger partial charge in [0.25, 0.3) is 0 Å².